The lowest BCUT2D eigenvalue weighted by Crippen LogP contribution is -2.42. The maximum Gasteiger partial charge on any atom is 0.407 e. The van der Waals surface area contributed by atoms with Crippen molar-refractivity contribution >= 4 is 18.0 Å². The van der Waals surface area contributed by atoms with Crippen LogP contribution >= 0.6 is 0 Å². The van der Waals surface area contributed by atoms with Crippen LogP contribution in [0.3, 0.4) is 0 Å². The Morgan fingerprint density at radius 2 is 1.59 bits per heavy atom. The molecule has 2 aromatic rings. The molecular weight excluding hydrogens is 432 g/mol. The van der Waals surface area contributed by atoms with Crippen LogP contribution in [0.2, 0.25) is 0 Å². The summed E-state index contributed by atoms with van der Waals surface area (Å²) in [5.41, 5.74) is 4.57. The standard InChI is InChI=1S/C27H28N2O5/c30-25(29-24-14-3-1-2-13-22(24)26(31)32)15-8-16-28-27(33)34-17-23-20-11-6-4-9-18(20)19-10-5-7-12-21(19)23/h4-7,9-12,22-24H,1-3,13-14,16-17H2,(H,28,33)(H,29,30)(H,31,32)/t22-,24+/m1/s1. The molecule has 2 aliphatic carbocycles. The second-order valence-electron chi connectivity index (χ2n) is 8.64. The van der Waals surface area contributed by atoms with Gasteiger partial charge < -0.3 is 20.5 Å². The summed E-state index contributed by atoms with van der Waals surface area (Å²) in [7, 11) is 0. The molecule has 0 aliphatic heterocycles. The monoisotopic (exact) mass is 460 g/mol. The summed E-state index contributed by atoms with van der Waals surface area (Å²) in [5, 5.41) is 14.7. The number of carbonyl (C=O) groups excluding carboxylic acids is 2. The molecule has 2 aliphatic rings. The Balaban J connectivity index is 1.26. The van der Waals surface area contributed by atoms with Gasteiger partial charge in [-0.15, -0.1) is 0 Å². The topological polar surface area (TPSA) is 105 Å². The average molecular weight is 461 g/mol. The minimum Gasteiger partial charge on any atom is -0.481 e. The van der Waals surface area contributed by atoms with E-state index in [2.05, 4.69) is 46.7 Å². The van der Waals surface area contributed by atoms with E-state index in [1.807, 2.05) is 24.3 Å². The van der Waals surface area contributed by atoms with Crippen LogP contribution in [0.4, 0.5) is 4.79 Å². The maximum atomic E-state index is 12.2. The molecule has 4 rings (SSSR count). The van der Waals surface area contributed by atoms with E-state index in [-0.39, 0.29) is 19.1 Å². The molecule has 0 spiro atoms. The number of rotatable bonds is 5. The van der Waals surface area contributed by atoms with Gasteiger partial charge in [0.05, 0.1) is 12.5 Å². The molecule has 7 heteroatoms. The van der Waals surface area contributed by atoms with Crippen LogP contribution in [0.1, 0.15) is 49.1 Å². The molecular formula is C27H28N2O5. The number of alkyl carbamates (subject to hydrolysis) is 1. The van der Waals surface area contributed by atoms with Gasteiger partial charge in [-0.3, -0.25) is 9.59 Å². The molecule has 1 saturated carbocycles. The van der Waals surface area contributed by atoms with Crippen molar-refractivity contribution in [1.29, 1.82) is 0 Å². The maximum absolute atomic E-state index is 12.2. The predicted molar refractivity (Wildman–Crippen MR) is 127 cm³/mol. The van der Waals surface area contributed by atoms with Crippen LogP contribution in [0.5, 0.6) is 0 Å². The largest absolute Gasteiger partial charge is 0.481 e. The van der Waals surface area contributed by atoms with E-state index in [4.69, 9.17) is 4.74 Å². The van der Waals surface area contributed by atoms with Crippen molar-refractivity contribution in [2.75, 3.05) is 13.2 Å². The van der Waals surface area contributed by atoms with E-state index in [9.17, 15) is 19.5 Å². The average Bonchev–Trinajstić information content (AvgIpc) is 2.97. The van der Waals surface area contributed by atoms with Crippen LogP contribution < -0.4 is 10.6 Å². The highest BCUT2D eigenvalue weighted by molar-refractivity contribution is 5.94. The predicted octanol–water partition coefficient (Wildman–Crippen LogP) is 3.68. The molecule has 7 nitrogen and oxygen atoms in total. The number of carbonyl (C=O) groups is 3. The Hall–Kier alpha value is -3.79. The smallest absolute Gasteiger partial charge is 0.407 e. The lowest BCUT2D eigenvalue weighted by atomic mass is 9.95. The normalized spacial score (nSPS) is 18.9. The molecule has 0 radical (unpaired) electrons. The summed E-state index contributed by atoms with van der Waals surface area (Å²) >= 11 is 0. The van der Waals surface area contributed by atoms with Gasteiger partial charge in [-0.1, -0.05) is 73.7 Å². The molecule has 1 fully saturated rings. The molecule has 2 amide bonds. The Kier molecular flexibility index (Phi) is 7.48. The van der Waals surface area contributed by atoms with Crippen LogP contribution in [0.15, 0.2) is 48.5 Å². The third-order valence-corrected chi connectivity index (χ3v) is 6.52. The first-order valence-corrected chi connectivity index (χ1v) is 11.7. The van der Waals surface area contributed by atoms with Gasteiger partial charge in [-0.2, -0.15) is 0 Å². The number of nitrogens with one attached hydrogen (secondary N) is 2. The van der Waals surface area contributed by atoms with E-state index >= 15 is 0 Å². The van der Waals surface area contributed by atoms with Gasteiger partial charge in [-0.05, 0) is 41.0 Å². The van der Waals surface area contributed by atoms with E-state index in [0.29, 0.717) is 12.8 Å². The van der Waals surface area contributed by atoms with Gasteiger partial charge >= 0.3 is 12.1 Å². The number of benzene rings is 2. The SMILES string of the molecule is O=C(C#CCNC(=O)OCC1c2ccccc2-c2ccccc21)N[C@H]1CCCCC[C@H]1C(=O)O. The molecule has 2 aromatic carbocycles. The van der Waals surface area contributed by atoms with Crippen molar-refractivity contribution < 1.29 is 24.2 Å². The van der Waals surface area contributed by atoms with Gasteiger partial charge in [0.1, 0.15) is 6.61 Å². The number of amides is 2. The lowest BCUT2D eigenvalue weighted by molar-refractivity contribution is -0.143. The van der Waals surface area contributed by atoms with E-state index in [1.165, 1.54) is 0 Å². The number of ether oxygens (including phenoxy) is 1. The van der Waals surface area contributed by atoms with Gasteiger partial charge in [0.25, 0.3) is 5.91 Å². The van der Waals surface area contributed by atoms with Gasteiger partial charge in [-0.25, -0.2) is 4.79 Å². The minimum absolute atomic E-state index is 0.0308. The Bertz CT molecular complexity index is 1090. The van der Waals surface area contributed by atoms with Crippen molar-refractivity contribution in [2.24, 2.45) is 5.92 Å². The third-order valence-electron chi connectivity index (χ3n) is 6.52. The highest BCUT2D eigenvalue weighted by Gasteiger charge is 2.30. The molecule has 2 atom stereocenters. The second-order valence-corrected chi connectivity index (χ2v) is 8.64. The number of carboxylic acid groups (broad SMARTS) is 1. The van der Waals surface area contributed by atoms with Gasteiger partial charge in [0.2, 0.25) is 0 Å². The summed E-state index contributed by atoms with van der Waals surface area (Å²) in [6, 6.07) is 15.8. The van der Waals surface area contributed by atoms with Crippen LogP contribution in [-0.4, -0.2) is 42.3 Å². The fraction of sp³-hybridized carbons (Fsp3) is 0.370. The first-order valence-electron chi connectivity index (χ1n) is 11.7. The Labute approximate surface area is 198 Å². The van der Waals surface area contributed by atoms with E-state index in [0.717, 1.165) is 41.5 Å². The summed E-state index contributed by atoms with van der Waals surface area (Å²) in [4.78, 5) is 35.8. The van der Waals surface area contributed by atoms with Crippen molar-refractivity contribution in [2.45, 2.75) is 44.1 Å². The van der Waals surface area contributed by atoms with E-state index in [1.54, 1.807) is 0 Å². The van der Waals surface area contributed by atoms with Gasteiger partial charge in [0.15, 0.2) is 0 Å². The third kappa shape index (κ3) is 5.40. The quantitative estimate of drug-likeness (QED) is 0.466. The van der Waals surface area contributed by atoms with Crippen LogP contribution in [0.25, 0.3) is 11.1 Å². The zero-order valence-electron chi connectivity index (χ0n) is 18.9. The molecule has 0 aromatic heterocycles. The number of carboxylic acids is 1. The molecule has 0 heterocycles. The van der Waals surface area contributed by atoms with Crippen molar-refractivity contribution in [1.82, 2.24) is 10.6 Å². The summed E-state index contributed by atoms with van der Waals surface area (Å²) in [5.74, 6) is 2.98. The van der Waals surface area contributed by atoms with Crippen molar-refractivity contribution in [3.05, 3.63) is 59.7 Å². The van der Waals surface area contributed by atoms with Gasteiger partial charge in [0, 0.05) is 12.0 Å². The number of hydrogen-bond donors (Lipinski definition) is 3. The number of fused-ring (bicyclic) bond motifs is 3. The number of aliphatic carboxylic acids is 1. The van der Waals surface area contributed by atoms with Crippen molar-refractivity contribution in [3.63, 3.8) is 0 Å². The molecule has 0 unspecified atom stereocenters. The van der Waals surface area contributed by atoms with E-state index < -0.39 is 29.9 Å². The summed E-state index contributed by atoms with van der Waals surface area (Å²) < 4.78 is 5.44. The van der Waals surface area contributed by atoms with Crippen LogP contribution in [-0.2, 0) is 14.3 Å². The molecule has 3 N–H and O–H groups in total. The van der Waals surface area contributed by atoms with Crippen LogP contribution in [0, 0.1) is 17.8 Å². The Morgan fingerprint density at radius 1 is 0.941 bits per heavy atom. The first-order chi connectivity index (χ1) is 16.5. The number of hydrogen-bond acceptors (Lipinski definition) is 4. The molecule has 176 valence electrons. The molecule has 0 bridgehead atoms. The Morgan fingerprint density at radius 3 is 2.26 bits per heavy atom. The zero-order chi connectivity index (χ0) is 23.9. The summed E-state index contributed by atoms with van der Waals surface area (Å²) in [6.45, 7) is 0.156. The van der Waals surface area contributed by atoms with Crippen molar-refractivity contribution in [3.8, 4) is 23.0 Å². The minimum atomic E-state index is -0.892. The zero-order valence-corrected chi connectivity index (χ0v) is 18.9. The molecule has 34 heavy (non-hydrogen) atoms. The first kappa shape index (κ1) is 23.4. The summed E-state index contributed by atoms with van der Waals surface area (Å²) in [6.07, 6.45) is 3.27. The fourth-order valence-corrected chi connectivity index (χ4v) is 4.87. The highest BCUT2D eigenvalue weighted by Crippen LogP contribution is 2.44. The lowest BCUT2D eigenvalue weighted by Gasteiger charge is -2.21. The molecule has 0 saturated heterocycles. The fourth-order valence-electron chi connectivity index (χ4n) is 4.87. The highest BCUT2D eigenvalue weighted by atomic mass is 16.5. The second kappa shape index (κ2) is 10.9.